The normalized spacial score (nSPS) is 10.9. The van der Waals surface area contributed by atoms with Crippen molar-refractivity contribution in [2.24, 2.45) is 4.99 Å². The topological polar surface area (TPSA) is 29.4 Å². The van der Waals surface area contributed by atoms with Crippen molar-refractivity contribution < 1.29 is 18.0 Å². The molecule has 74 valence electrons. The van der Waals surface area contributed by atoms with Crippen LogP contribution in [0.4, 0.5) is 18.9 Å². The Morgan fingerprint density at radius 3 is 2.43 bits per heavy atom. The Hall–Kier alpha value is -1.32. The van der Waals surface area contributed by atoms with Crippen LogP contribution in [0, 0.1) is 0 Å². The molecule has 14 heavy (non-hydrogen) atoms. The maximum absolute atomic E-state index is 12.1. The zero-order valence-corrected chi connectivity index (χ0v) is 7.36. The highest BCUT2D eigenvalue weighted by atomic mass is 35.5. The summed E-state index contributed by atoms with van der Waals surface area (Å²) in [6, 6.07) is 2.51. The van der Waals surface area contributed by atoms with E-state index in [9.17, 15) is 18.0 Å². The number of alkyl halides is 3. The van der Waals surface area contributed by atoms with Gasteiger partial charge in [-0.3, -0.25) is 0 Å². The van der Waals surface area contributed by atoms with Gasteiger partial charge in [-0.25, -0.2) is 4.79 Å². The number of rotatable bonds is 1. The van der Waals surface area contributed by atoms with E-state index in [1.165, 1.54) is 6.08 Å². The van der Waals surface area contributed by atoms with Crippen LogP contribution in [-0.2, 0) is 11.0 Å². The van der Waals surface area contributed by atoms with Crippen molar-refractivity contribution in [1.82, 2.24) is 0 Å². The standard InChI is InChI=1S/C8H3ClF3NO/c9-6-3-5(8(10,11)12)1-2-7(6)13-4-14/h1-3H. The Bertz CT molecular complexity index is 396. The van der Waals surface area contributed by atoms with Gasteiger partial charge in [0.05, 0.1) is 16.3 Å². The number of hydrogen-bond donors (Lipinski definition) is 0. The van der Waals surface area contributed by atoms with Crippen LogP contribution in [0.2, 0.25) is 5.02 Å². The minimum absolute atomic E-state index is 0.0327. The van der Waals surface area contributed by atoms with Crippen molar-refractivity contribution in [3.05, 3.63) is 28.8 Å². The Morgan fingerprint density at radius 1 is 1.36 bits per heavy atom. The number of carbonyl (C=O) groups excluding carboxylic acids is 1. The summed E-state index contributed by atoms with van der Waals surface area (Å²) in [5, 5.41) is -0.233. The largest absolute Gasteiger partial charge is 0.416 e. The van der Waals surface area contributed by atoms with E-state index in [0.29, 0.717) is 6.07 Å². The van der Waals surface area contributed by atoms with Crippen molar-refractivity contribution in [3.63, 3.8) is 0 Å². The molecule has 0 unspecified atom stereocenters. The summed E-state index contributed by atoms with van der Waals surface area (Å²) in [7, 11) is 0. The SMILES string of the molecule is O=C=Nc1ccc(C(F)(F)F)cc1Cl. The van der Waals surface area contributed by atoms with Gasteiger partial charge < -0.3 is 0 Å². The minimum atomic E-state index is -4.45. The molecule has 0 N–H and O–H groups in total. The fourth-order valence-corrected chi connectivity index (χ4v) is 1.05. The van der Waals surface area contributed by atoms with Crippen molar-refractivity contribution in [2.45, 2.75) is 6.18 Å². The van der Waals surface area contributed by atoms with Gasteiger partial charge in [-0.2, -0.15) is 18.2 Å². The number of benzene rings is 1. The predicted octanol–water partition coefficient (Wildman–Crippen LogP) is 3.33. The molecule has 0 heterocycles. The molecule has 0 atom stereocenters. The Kier molecular flexibility index (Phi) is 2.93. The molecule has 2 nitrogen and oxygen atoms in total. The second-order valence-corrected chi connectivity index (χ2v) is 2.77. The smallest absolute Gasteiger partial charge is 0.211 e. The van der Waals surface area contributed by atoms with E-state index in [0.717, 1.165) is 12.1 Å². The molecule has 0 bridgehead atoms. The van der Waals surface area contributed by atoms with Crippen molar-refractivity contribution in [1.29, 1.82) is 0 Å². The average Bonchev–Trinajstić information content (AvgIpc) is 2.07. The molecule has 0 aliphatic heterocycles. The maximum Gasteiger partial charge on any atom is 0.416 e. The van der Waals surface area contributed by atoms with Crippen LogP contribution in [0.25, 0.3) is 0 Å². The van der Waals surface area contributed by atoms with Crippen LogP contribution >= 0.6 is 11.6 Å². The lowest BCUT2D eigenvalue weighted by Crippen LogP contribution is -2.04. The first kappa shape index (κ1) is 10.8. The van der Waals surface area contributed by atoms with Crippen LogP contribution in [0.1, 0.15) is 5.56 Å². The third-order valence-electron chi connectivity index (χ3n) is 1.44. The van der Waals surface area contributed by atoms with Gasteiger partial charge in [0.15, 0.2) is 0 Å². The van der Waals surface area contributed by atoms with Crippen molar-refractivity contribution in [3.8, 4) is 0 Å². The monoisotopic (exact) mass is 221 g/mol. The molecule has 0 radical (unpaired) electrons. The van der Waals surface area contributed by atoms with Gasteiger partial charge in [-0.05, 0) is 18.2 Å². The molecule has 1 rings (SSSR count). The van der Waals surface area contributed by atoms with E-state index in [1.807, 2.05) is 0 Å². The summed E-state index contributed by atoms with van der Waals surface area (Å²) in [5.41, 5.74) is -0.915. The molecule has 6 heteroatoms. The highest BCUT2D eigenvalue weighted by Crippen LogP contribution is 2.34. The van der Waals surface area contributed by atoms with E-state index < -0.39 is 11.7 Å². The van der Waals surface area contributed by atoms with Crippen LogP contribution in [0.15, 0.2) is 23.2 Å². The lowest BCUT2D eigenvalue weighted by molar-refractivity contribution is -0.137. The Balaban J connectivity index is 3.19. The molecular weight excluding hydrogens is 219 g/mol. The number of aliphatic imine (C=N–C) groups is 1. The third-order valence-corrected chi connectivity index (χ3v) is 1.74. The molecular formula is C8H3ClF3NO. The van der Waals surface area contributed by atoms with E-state index >= 15 is 0 Å². The van der Waals surface area contributed by atoms with E-state index in [2.05, 4.69) is 4.99 Å². The number of hydrogen-bond acceptors (Lipinski definition) is 2. The highest BCUT2D eigenvalue weighted by Gasteiger charge is 2.30. The van der Waals surface area contributed by atoms with Gasteiger partial charge in [-0.1, -0.05) is 11.6 Å². The summed E-state index contributed by atoms with van der Waals surface area (Å²) in [5.74, 6) is 0. The maximum atomic E-state index is 12.1. The summed E-state index contributed by atoms with van der Waals surface area (Å²) < 4.78 is 36.4. The van der Waals surface area contributed by atoms with Gasteiger partial charge in [0.25, 0.3) is 0 Å². The van der Waals surface area contributed by atoms with E-state index in [4.69, 9.17) is 11.6 Å². The quantitative estimate of drug-likeness (QED) is 0.528. The number of isocyanates is 1. The fourth-order valence-electron chi connectivity index (χ4n) is 0.823. The van der Waals surface area contributed by atoms with Crippen LogP contribution in [-0.4, -0.2) is 6.08 Å². The molecule has 1 aromatic rings. The lowest BCUT2D eigenvalue weighted by Gasteiger charge is -2.06. The van der Waals surface area contributed by atoms with Gasteiger partial charge in [-0.15, -0.1) is 0 Å². The zero-order valence-electron chi connectivity index (χ0n) is 6.60. The van der Waals surface area contributed by atoms with Crippen molar-refractivity contribution in [2.75, 3.05) is 0 Å². The second-order valence-electron chi connectivity index (χ2n) is 2.37. The third kappa shape index (κ3) is 2.34. The summed E-state index contributed by atoms with van der Waals surface area (Å²) in [4.78, 5) is 13.0. The Morgan fingerprint density at radius 2 is 2.00 bits per heavy atom. The van der Waals surface area contributed by atoms with Gasteiger partial charge in [0.1, 0.15) is 0 Å². The average molecular weight is 222 g/mol. The fraction of sp³-hybridized carbons (Fsp3) is 0.125. The molecule has 0 amide bonds. The molecule has 0 saturated carbocycles. The van der Waals surface area contributed by atoms with E-state index in [1.54, 1.807) is 0 Å². The summed E-state index contributed by atoms with van der Waals surface area (Å²) in [6.45, 7) is 0. The first-order valence-electron chi connectivity index (χ1n) is 3.40. The molecule has 0 fully saturated rings. The summed E-state index contributed by atoms with van der Waals surface area (Å²) in [6.07, 6.45) is -3.26. The van der Waals surface area contributed by atoms with E-state index in [-0.39, 0.29) is 10.7 Å². The predicted molar refractivity (Wildman–Crippen MR) is 44.2 cm³/mol. The first-order valence-corrected chi connectivity index (χ1v) is 3.77. The van der Waals surface area contributed by atoms with Crippen LogP contribution < -0.4 is 0 Å². The van der Waals surface area contributed by atoms with Crippen LogP contribution in [0.3, 0.4) is 0 Å². The lowest BCUT2D eigenvalue weighted by atomic mass is 10.2. The first-order chi connectivity index (χ1) is 6.45. The zero-order chi connectivity index (χ0) is 10.8. The Labute approximate surface area is 82.0 Å². The van der Waals surface area contributed by atoms with Gasteiger partial charge in [0, 0.05) is 0 Å². The number of nitrogens with zero attached hydrogens (tertiary/aromatic N) is 1. The second kappa shape index (κ2) is 3.82. The summed E-state index contributed by atoms with van der Waals surface area (Å²) >= 11 is 5.44. The molecule has 0 spiro atoms. The molecule has 1 aromatic carbocycles. The molecule has 0 aliphatic carbocycles. The van der Waals surface area contributed by atoms with Crippen LogP contribution in [0.5, 0.6) is 0 Å². The molecule has 0 saturated heterocycles. The van der Waals surface area contributed by atoms with Crippen molar-refractivity contribution >= 4 is 23.4 Å². The van der Waals surface area contributed by atoms with Gasteiger partial charge in [0.2, 0.25) is 6.08 Å². The number of halogens is 4. The minimum Gasteiger partial charge on any atom is -0.211 e. The molecule has 0 aliphatic rings. The molecule has 0 aromatic heterocycles. The van der Waals surface area contributed by atoms with Gasteiger partial charge >= 0.3 is 6.18 Å². The highest BCUT2D eigenvalue weighted by molar-refractivity contribution is 6.33.